The van der Waals surface area contributed by atoms with Crippen LogP contribution in [0.25, 0.3) is 0 Å². The van der Waals surface area contributed by atoms with Crippen LogP contribution in [0.3, 0.4) is 0 Å². The molecule has 1 fully saturated rings. The molecule has 0 spiro atoms. The second-order valence-corrected chi connectivity index (χ2v) is 6.16. The smallest absolute Gasteiger partial charge is 0.310 e. The molecule has 1 aromatic rings. The summed E-state index contributed by atoms with van der Waals surface area (Å²) in [7, 11) is 1.40. The SMILES string of the molecule is CCCc1onc(C)c1C(=O)N[C@H]1CCCCC[C@H]1C(=O)OC. The standard InChI is InChI=1S/C17H26N2O4/c1-4-8-14-15(11(2)19-23-14)16(20)18-13-10-7-5-6-9-12(13)17(21)22-3/h12-13H,4-10H2,1-3H3,(H,18,20)/t12-,13+/m1/s1. The van der Waals surface area contributed by atoms with E-state index in [0.29, 0.717) is 23.4 Å². The van der Waals surface area contributed by atoms with Crippen molar-refractivity contribution < 1.29 is 18.8 Å². The quantitative estimate of drug-likeness (QED) is 0.666. The molecule has 1 aliphatic carbocycles. The molecular formula is C17H26N2O4. The third-order valence-corrected chi connectivity index (χ3v) is 4.47. The molecule has 1 N–H and O–H groups in total. The first-order valence-electron chi connectivity index (χ1n) is 8.42. The first kappa shape index (κ1) is 17.5. The zero-order chi connectivity index (χ0) is 16.8. The summed E-state index contributed by atoms with van der Waals surface area (Å²) < 4.78 is 10.2. The third kappa shape index (κ3) is 4.12. The number of aromatic nitrogens is 1. The van der Waals surface area contributed by atoms with E-state index >= 15 is 0 Å². The van der Waals surface area contributed by atoms with Crippen molar-refractivity contribution in [2.24, 2.45) is 5.92 Å². The monoisotopic (exact) mass is 322 g/mol. The van der Waals surface area contributed by atoms with Gasteiger partial charge in [0.1, 0.15) is 11.3 Å². The van der Waals surface area contributed by atoms with Gasteiger partial charge in [0.15, 0.2) is 0 Å². The molecule has 0 unspecified atom stereocenters. The molecule has 6 heteroatoms. The van der Waals surface area contributed by atoms with Crippen LogP contribution < -0.4 is 5.32 Å². The minimum absolute atomic E-state index is 0.193. The first-order valence-corrected chi connectivity index (χ1v) is 8.42. The maximum atomic E-state index is 12.7. The highest BCUT2D eigenvalue weighted by atomic mass is 16.5. The highest BCUT2D eigenvalue weighted by molar-refractivity contribution is 5.96. The largest absolute Gasteiger partial charge is 0.469 e. The van der Waals surface area contributed by atoms with Crippen molar-refractivity contribution in [1.29, 1.82) is 0 Å². The number of nitrogens with zero attached hydrogens (tertiary/aromatic N) is 1. The molecule has 6 nitrogen and oxygen atoms in total. The zero-order valence-corrected chi connectivity index (χ0v) is 14.2. The fourth-order valence-corrected chi connectivity index (χ4v) is 3.26. The molecule has 0 bridgehead atoms. The number of methoxy groups -OCH3 is 1. The summed E-state index contributed by atoms with van der Waals surface area (Å²) in [6.45, 7) is 3.79. The summed E-state index contributed by atoms with van der Waals surface area (Å²) in [4.78, 5) is 24.7. The number of esters is 1. The second kappa shape index (κ2) is 8.13. The fourth-order valence-electron chi connectivity index (χ4n) is 3.26. The van der Waals surface area contributed by atoms with Crippen molar-refractivity contribution in [1.82, 2.24) is 10.5 Å². The van der Waals surface area contributed by atoms with Gasteiger partial charge in [0.2, 0.25) is 0 Å². The average molecular weight is 322 g/mol. The summed E-state index contributed by atoms with van der Waals surface area (Å²) in [5, 5.41) is 6.94. The summed E-state index contributed by atoms with van der Waals surface area (Å²) in [6, 6.07) is -0.193. The van der Waals surface area contributed by atoms with Crippen LogP contribution in [0.2, 0.25) is 0 Å². The van der Waals surface area contributed by atoms with E-state index in [1.165, 1.54) is 7.11 Å². The molecule has 128 valence electrons. The fraction of sp³-hybridized carbons (Fsp3) is 0.706. The van der Waals surface area contributed by atoms with Crippen LogP contribution in [0, 0.1) is 12.8 Å². The second-order valence-electron chi connectivity index (χ2n) is 6.16. The molecule has 23 heavy (non-hydrogen) atoms. The first-order chi connectivity index (χ1) is 11.1. The normalized spacial score (nSPS) is 21.5. The minimum atomic E-state index is -0.277. The van der Waals surface area contributed by atoms with Crippen molar-refractivity contribution in [2.75, 3.05) is 7.11 Å². The van der Waals surface area contributed by atoms with Crippen molar-refractivity contribution in [3.63, 3.8) is 0 Å². The van der Waals surface area contributed by atoms with Crippen LogP contribution >= 0.6 is 0 Å². The maximum Gasteiger partial charge on any atom is 0.310 e. The minimum Gasteiger partial charge on any atom is -0.469 e. The molecule has 0 saturated heterocycles. The number of rotatable bonds is 5. The van der Waals surface area contributed by atoms with Gasteiger partial charge in [0, 0.05) is 12.5 Å². The Hall–Kier alpha value is -1.85. The molecule has 2 atom stereocenters. The summed E-state index contributed by atoms with van der Waals surface area (Å²) in [6.07, 6.45) is 6.16. The van der Waals surface area contributed by atoms with Gasteiger partial charge in [-0.3, -0.25) is 9.59 Å². The number of hydrogen-bond acceptors (Lipinski definition) is 5. The predicted molar refractivity (Wildman–Crippen MR) is 85.1 cm³/mol. The van der Waals surface area contributed by atoms with Crippen LogP contribution in [-0.4, -0.2) is 30.2 Å². The maximum absolute atomic E-state index is 12.7. The van der Waals surface area contributed by atoms with Crippen molar-refractivity contribution in [3.8, 4) is 0 Å². The highest BCUT2D eigenvalue weighted by Crippen LogP contribution is 2.25. The number of hydrogen-bond donors (Lipinski definition) is 1. The Morgan fingerprint density at radius 3 is 2.74 bits per heavy atom. The molecule has 0 aromatic carbocycles. The Morgan fingerprint density at radius 2 is 2.04 bits per heavy atom. The summed E-state index contributed by atoms with van der Waals surface area (Å²) in [5.41, 5.74) is 1.11. The Bertz CT molecular complexity index is 553. The topological polar surface area (TPSA) is 81.4 Å². The van der Waals surface area contributed by atoms with E-state index < -0.39 is 0 Å². The van der Waals surface area contributed by atoms with E-state index in [-0.39, 0.29) is 23.8 Å². The summed E-state index contributed by atoms with van der Waals surface area (Å²) >= 11 is 0. The van der Waals surface area contributed by atoms with Crippen LogP contribution in [0.4, 0.5) is 0 Å². The highest BCUT2D eigenvalue weighted by Gasteiger charge is 2.33. The molecule has 1 amide bonds. The molecule has 1 heterocycles. The van der Waals surface area contributed by atoms with Gasteiger partial charge in [-0.25, -0.2) is 0 Å². The van der Waals surface area contributed by atoms with Crippen LogP contribution in [0.1, 0.15) is 67.3 Å². The lowest BCUT2D eigenvalue weighted by Crippen LogP contribution is -2.43. The Kier molecular flexibility index (Phi) is 6.19. The Morgan fingerprint density at radius 1 is 1.30 bits per heavy atom. The predicted octanol–water partition coefficient (Wildman–Crippen LogP) is 2.79. The van der Waals surface area contributed by atoms with Gasteiger partial charge < -0.3 is 14.6 Å². The van der Waals surface area contributed by atoms with E-state index in [1.54, 1.807) is 6.92 Å². The lowest BCUT2D eigenvalue weighted by Gasteiger charge is -2.24. The lowest BCUT2D eigenvalue weighted by atomic mass is 9.94. The van der Waals surface area contributed by atoms with Crippen LogP contribution in [0.5, 0.6) is 0 Å². The van der Waals surface area contributed by atoms with Crippen molar-refractivity contribution in [2.45, 2.75) is 64.8 Å². The van der Waals surface area contributed by atoms with Gasteiger partial charge in [-0.1, -0.05) is 31.3 Å². The number of nitrogens with one attached hydrogen (secondary N) is 1. The number of ether oxygens (including phenoxy) is 1. The third-order valence-electron chi connectivity index (χ3n) is 4.47. The van der Waals surface area contributed by atoms with E-state index in [9.17, 15) is 9.59 Å². The van der Waals surface area contributed by atoms with Crippen LogP contribution in [0.15, 0.2) is 4.52 Å². The van der Waals surface area contributed by atoms with E-state index in [4.69, 9.17) is 9.26 Å². The molecule has 1 saturated carbocycles. The lowest BCUT2D eigenvalue weighted by molar-refractivity contribution is -0.146. The van der Waals surface area contributed by atoms with Crippen molar-refractivity contribution >= 4 is 11.9 Å². The number of carbonyl (C=O) groups excluding carboxylic acids is 2. The summed E-state index contributed by atoms with van der Waals surface area (Å²) in [5.74, 6) is -0.104. The van der Waals surface area contributed by atoms with Gasteiger partial charge in [-0.05, 0) is 26.2 Å². The van der Waals surface area contributed by atoms with Gasteiger partial charge in [0.05, 0.1) is 18.7 Å². The number of aryl methyl sites for hydroxylation is 2. The van der Waals surface area contributed by atoms with Gasteiger partial charge in [-0.2, -0.15) is 0 Å². The molecule has 1 aromatic heterocycles. The molecule has 2 rings (SSSR count). The van der Waals surface area contributed by atoms with E-state index in [0.717, 1.165) is 38.5 Å². The van der Waals surface area contributed by atoms with Crippen LogP contribution in [-0.2, 0) is 16.0 Å². The number of amides is 1. The Labute approximate surface area is 136 Å². The van der Waals surface area contributed by atoms with E-state index in [2.05, 4.69) is 10.5 Å². The van der Waals surface area contributed by atoms with Gasteiger partial charge in [0.25, 0.3) is 5.91 Å². The number of carbonyl (C=O) groups is 2. The average Bonchev–Trinajstić information content (AvgIpc) is 2.75. The zero-order valence-electron chi connectivity index (χ0n) is 14.2. The molecule has 1 aliphatic rings. The van der Waals surface area contributed by atoms with Crippen molar-refractivity contribution in [3.05, 3.63) is 17.0 Å². The van der Waals surface area contributed by atoms with Gasteiger partial charge >= 0.3 is 5.97 Å². The molecular weight excluding hydrogens is 296 g/mol. The van der Waals surface area contributed by atoms with Gasteiger partial charge in [-0.15, -0.1) is 0 Å². The van der Waals surface area contributed by atoms with E-state index in [1.807, 2.05) is 6.92 Å². The Balaban J connectivity index is 2.16. The molecule has 0 radical (unpaired) electrons. The molecule has 0 aliphatic heterocycles.